The van der Waals surface area contributed by atoms with Crippen LogP contribution in [0.3, 0.4) is 0 Å². The van der Waals surface area contributed by atoms with E-state index in [9.17, 15) is 4.79 Å². The summed E-state index contributed by atoms with van der Waals surface area (Å²) in [6.07, 6.45) is 1.93. The van der Waals surface area contributed by atoms with Gasteiger partial charge in [0, 0.05) is 25.7 Å². The van der Waals surface area contributed by atoms with Crippen molar-refractivity contribution in [1.82, 2.24) is 10.2 Å². The SMILES string of the molecule is NC1CCN(CC(=O)NCc2cccc(CO)c2)CC1. The van der Waals surface area contributed by atoms with Crippen molar-refractivity contribution in [3.05, 3.63) is 35.4 Å². The molecule has 1 heterocycles. The average Bonchev–Trinajstić information content (AvgIpc) is 2.48. The number of piperidine rings is 1. The molecule has 0 radical (unpaired) electrons. The Morgan fingerprint density at radius 1 is 1.35 bits per heavy atom. The largest absolute Gasteiger partial charge is 0.392 e. The molecular formula is C15H23N3O2. The van der Waals surface area contributed by atoms with E-state index in [1.807, 2.05) is 24.3 Å². The second kappa shape index (κ2) is 7.38. The van der Waals surface area contributed by atoms with Crippen LogP contribution in [-0.2, 0) is 17.9 Å². The van der Waals surface area contributed by atoms with Crippen LogP contribution >= 0.6 is 0 Å². The summed E-state index contributed by atoms with van der Waals surface area (Å²) in [4.78, 5) is 14.0. The summed E-state index contributed by atoms with van der Waals surface area (Å²) in [6.45, 7) is 2.76. The normalized spacial score (nSPS) is 17.1. The number of likely N-dealkylation sites (tertiary alicyclic amines) is 1. The van der Waals surface area contributed by atoms with E-state index in [0.717, 1.165) is 37.1 Å². The predicted molar refractivity (Wildman–Crippen MR) is 77.9 cm³/mol. The van der Waals surface area contributed by atoms with Crippen LogP contribution in [0.4, 0.5) is 0 Å². The van der Waals surface area contributed by atoms with E-state index in [0.29, 0.717) is 13.1 Å². The van der Waals surface area contributed by atoms with Gasteiger partial charge in [-0.25, -0.2) is 0 Å². The highest BCUT2D eigenvalue weighted by atomic mass is 16.3. The molecule has 0 unspecified atom stereocenters. The highest BCUT2D eigenvalue weighted by Crippen LogP contribution is 2.08. The Morgan fingerprint density at radius 2 is 2.05 bits per heavy atom. The van der Waals surface area contributed by atoms with Crippen LogP contribution in [0.25, 0.3) is 0 Å². The average molecular weight is 277 g/mol. The molecule has 1 aromatic rings. The molecule has 0 bridgehead atoms. The second-order valence-corrected chi connectivity index (χ2v) is 5.37. The Kier molecular flexibility index (Phi) is 5.52. The highest BCUT2D eigenvalue weighted by molar-refractivity contribution is 5.78. The molecular weight excluding hydrogens is 254 g/mol. The fourth-order valence-corrected chi connectivity index (χ4v) is 2.41. The molecule has 0 saturated carbocycles. The molecule has 110 valence electrons. The van der Waals surface area contributed by atoms with Gasteiger partial charge >= 0.3 is 0 Å². The first-order chi connectivity index (χ1) is 9.67. The molecule has 1 saturated heterocycles. The van der Waals surface area contributed by atoms with Gasteiger partial charge in [0.15, 0.2) is 0 Å². The molecule has 0 atom stereocenters. The van der Waals surface area contributed by atoms with E-state index < -0.39 is 0 Å². The summed E-state index contributed by atoms with van der Waals surface area (Å²) in [5.41, 5.74) is 7.71. The Hall–Kier alpha value is -1.43. The van der Waals surface area contributed by atoms with Crippen LogP contribution in [0.15, 0.2) is 24.3 Å². The van der Waals surface area contributed by atoms with Crippen molar-refractivity contribution < 1.29 is 9.90 Å². The molecule has 1 aliphatic heterocycles. The third-order valence-corrected chi connectivity index (χ3v) is 3.66. The van der Waals surface area contributed by atoms with Gasteiger partial charge in [0.05, 0.1) is 13.2 Å². The summed E-state index contributed by atoms with van der Waals surface area (Å²) in [7, 11) is 0. The molecule has 20 heavy (non-hydrogen) atoms. The minimum atomic E-state index is 0.0236. The first-order valence-electron chi connectivity index (χ1n) is 7.10. The van der Waals surface area contributed by atoms with Gasteiger partial charge in [-0.15, -0.1) is 0 Å². The van der Waals surface area contributed by atoms with E-state index in [-0.39, 0.29) is 18.6 Å². The number of amides is 1. The molecule has 1 aromatic carbocycles. The van der Waals surface area contributed by atoms with Crippen molar-refractivity contribution >= 4 is 5.91 Å². The van der Waals surface area contributed by atoms with Crippen molar-refractivity contribution in [3.63, 3.8) is 0 Å². The van der Waals surface area contributed by atoms with E-state index in [4.69, 9.17) is 10.8 Å². The number of nitrogens with zero attached hydrogens (tertiary/aromatic N) is 1. The summed E-state index contributed by atoms with van der Waals surface area (Å²) < 4.78 is 0. The fraction of sp³-hybridized carbons (Fsp3) is 0.533. The van der Waals surface area contributed by atoms with E-state index >= 15 is 0 Å². The standard InChI is InChI=1S/C15H23N3O2/c16-14-4-6-18(7-5-14)10-15(20)17-9-12-2-1-3-13(8-12)11-19/h1-3,8,14,19H,4-7,9-11,16H2,(H,17,20). The van der Waals surface area contributed by atoms with Gasteiger partial charge in [0.1, 0.15) is 0 Å². The highest BCUT2D eigenvalue weighted by Gasteiger charge is 2.17. The number of hydrogen-bond acceptors (Lipinski definition) is 4. The van der Waals surface area contributed by atoms with Crippen molar-refractivity contribution in [2.45, 2.75) is 32.0 Å². The molecule has 1 aliphatic rings. The zero-order chi connectivity index (χ0) is 14.4. The molecule has 1 amide bonds. The van der Waals surface area contributed by atoms with Gasteiger partial charge in [-0.05, 0) is 24.0 Å². The molecule has 4 N–H and O–H groups in total. The number of carbonyl (C=O) groups is 1. The van der Waals surface area contributed by atoms with Crippen molar-refractivity contribution in [2.75, 3.05) is 19.6 Å². The minimum absolute atomic E-state index is 0.0236. The summed E-state index contributed by atoms with van der Waals surface area (Å²) in [5, 5.41) is 12.0. The number of benzene rings is 1. The van der Waals surface area contributed by atoms with E-state index in [1.54, 1.807) is 0 Å². The lowest BCUT2D eigenvalue weighted by Gasteiger charge is -2.29. The van der Waals surface area contributed by atoms with Gasteiger partial charge in [0.2, 0.25) is 5.91 Å². The number of aliphatic hydroxyl groups excluding tert-OH is 1. The lowest BCUT2D eigenvalue weighted by atomic mass is 10.1. The number of carbonyl (C=O) groups excluding carboxylic acids is 1. The molecule has 2 rings (SSSR count). The van der Waals surface area contributed by atoms with Crippen LogP contribution in [-0.4, -0.2) is 41.6 Å². The Labute approximate surface area is 119 Å². The van der Waals surface area contributed by atoms with Gasteiger partial charge in [-0.1, -0.05) is 24.3 Å². The van der Waals surface area contributed by atoms with Crippen LogP contribution in [0, 0.1) is 0 Å². The molecule has 0 aliphatic carbocycles. The summed E-state index contributed by atoms with van der Waals surface area (Å²) >= 11 is 0. The fourth-order valence-electron chi connectivity index (χ4n) is 2.41. The van der Waals surface area contributed by atoms with E-state index in [2.05, 4.69) is 10.2 Å². The zero-order valence-corrected chi connectivity index (χ0v) is 11.7. The topological polar surface area (TPSA) is 78.6 Å². The number of nitrogens with one attached hydrogen (secondary N) is 1. The number of rotatable bonds is 5. The Balaban J connectivity index is 1.74. The van der Waals surface area contributed by atoms with E-state index in [1.165, 1.54) is 0 Å². The van der Waals surface area contributed by atoms with Crippen molar-refractivity contribution in [2.24, 2.45) is 5.73 Å². The van der Waals surface area contributed by atoms with Gasteiger partial charge in [0.25, 0.3) is 0 Å². The van der Waals surface area contributed by atoms with Crippen LogP contribution < -0.4 is 11.1 Å². The van der Waals surface area contributed by atoms with Crippen LogP contribution in [0.2, 0.25) is 0 Å². The van der Waals surface area contributed by atoms with Gasteiger partial charge in [-0.2, -0.15) is 0 Å². The van der Waals surface area contributed by atoms with Crippen molar-refractivity contribution in [3.8, 4) is 0 Å². The van der Waals surface area contributed by atoms with Crippen molar-refractivity contribution in [1.29, 1.82) is 0 Å². The lowest BCUT2D eigenvalue weighted by Crippen LogP contribution is -2.44. The third-order valence-electron chi connectivity index (χ3n) is 3.66. The molecule has 5 nitrogen and oxygen atoms in total. The summed E-state index contributed by atoms with van der Waals surface area (Å²) in [6, 6.07) is 7.89. The second-order valence-electron chi connectivity index (χ2n) is 5.37. The Bertz CT molecular complexity index is 442. The predicted octanol–water partition coefficient (Wildman–Crippen LogP) is 0.218. The lowest BCUT2D eigenvalue weighted by molar-refractivity contribution is -0.122. The zero-order valence-electron chi connectivity index (χ0n) is 11.7. The number of nitrogens with two attached hydrogens (primary N) is 1. The summed E-state index contributed by atoms with van der Waals surface area (Å²) in [5.74, 6) is 0.0369. The maximum Gasteiger partial charge on any atom is 0.234 e. The monoisotopic (exact) mass is 277 g/mol. The molecule has 0 spiro atoms. The third kappa shape index (κ3) is 4.59. The molecule has 1 fully saturated rings. The molecule has 5 heteroatoms. The first-order valence-corrected chi connectivity index (χ1v) is 7.10. The smallest absolute Gasteiger partial charge is 0.234 e. The maximum absolute atomic E-state index is 11.9. The number of hydrogen-bond donors (Lipinski definition) is 3. The van der Waals surface area contributed by atoms with Crippen LogP contribution in [0.5, 0.6) is 0 Å². The minimum Gasteiger partial charge on any atom is -0.392 e. The van der Waals surface area contributed by atoms with Crippen LogP contribution in [0.1, 0.15) is 24.0 Å². The van der Waals surface area contributed by atoms with Gasteiger partial charge in [-0.3, -0.25) is 9.69 Å². The van der Waals surface area contributed by atoms with Gasteiger partial charge < -0.3 is 16.2 Å². The maximum atomic E-state index is 11.9. The quantitative estimate of drug-likeness (QED) is 0.719. The Morgan fingerprint density at radius 3 is 2.75 bits per heavy atom. The number of aliphatic hydroxyl groups is 1. The first kappa shape index (κ1) is 15.0. The molecule has 0 aromatic heterocycles.